The third-order valence-corrected chi connectivity index (χ3v) is 4.49. The van der Waals surface area contributed by atoms with Gasteiger partial charge in [0.05, 0.1) is 24.9 Å². The maximum absolute atomic E-state index is 12.7. The van der Waals surface area contributed by atoms with Crippen LogP contribution in [0.2, 0.25) is 0 Å². The van der Waals surface area contributed by atoms with Crippen LogP contribution in [0.3, 0.4) is 0 Å². The lowest BCUT2D eigenvalue weighted by Gasteiger charge is -2.26. The fourth-order valence-electron chi connectivity index (χ4n) is 3.15. The van der Waals surface area contributed by atoms with E-state index >= 15 is 0 Å². The molecule has 3 aromatic rings. The number of rotatable bonds is 4. The topological polar surface area (TPSA) is 76.2 Å². The second kappa shape index (κ2) is 6.92. The fourth-order valence-corrected chi connectivity index (χ4v) is 3.15. The first-order valence-corrected chi connectivity index (χ1v) is 8.43. The zero-order valence-corrected chi connectivity index (χ0v) is 14.4. The Morgan fingerprint density at radius 3 is 2.96 bits per heavy atom. The van der Waals surface area contributed by atoms with Gasteiger partial charge in [-0.25, -0.2) is 0 Å². The van der Waals surface area contributed by atoms with Crippen molar-refractivity contribution < 1.29 is 14.3 Å². The summed E-state index contributed by atoms with van der Waals surface area (Å²) in [6.45, 7) is 0.457. The highest BCUT2D eigenvalue weighted by Crippen LogP contribution is 2.28. The summed E-state index contributed by atoms with van der Waals surface area (Å²) >= 11 is 0. The molecule has 0 fully saturated rings. The predicted molar refractivity (Wildman–Crippen MR) is 97.5 cm³/mol. The highest BCUT2D eigenvalue weighted by molar-refractivity contribution is 5.97. The highest BCUT2D eigenvalue weighted by Gasteiger charge is 2.23. The second-order valence-electron chi connectivity index (χ2n) is 6.20. The predicted octanol–water partition coefficient (Wildman–Crippen LogP) is 2.82. The number of amides is 1. The molecule has 6 nitrogen and oxygen atoms in total. The van der Waals surface area contributed by atoms with Crippen LogP contribution in [0.5, 0.6) is 11.5 Å². The van der Waals surface area contributed by atoms with E-state index in [4.69, 9.17) is 9.47 Å². The number of aromatic amines is 1. The zero-order chi connectivity index (χ0) is 17.9. The van der Waals surface area contributed by atoms with E-state index in [1.807, 2.05) is 36.4 Å². The minimum atomic E-state index is -0.173. The molecular formula is C20H19N3O3. The van der Waals surface area contributed by atoms with Crippen LogP contribution in [0.25, 0.3) is 11.1 Å². The lowest BCUT2D eigenvalue weighted by Crippen LogP contribution is -2.42. The third-order valence-electron chi connectivity index (χ3n) is 4.49. The normalized spacial score (nSPS) is 15.7. The number of carbonyl (C=O) groups excluding carboxylic acids is 1. The van der Waals surface area contributed by atoms with Crippen molar-refractivity contribution in [2.24, 2.45) is 0 Å². The van der Waals surface area contributed by atoms with Gasteiger partial charge in [0, 0.05) is 11.8 Å². The fraction of sp³-hybridized carbons (Fsp3) is 0.200. The van der Waals surface area contributed by atoms with E-state index in [1.165, 1.54) is 0 Å². The van der Waals surface area contributed by atoms with Gasteiger partial charge in [0.2, 0.25) is 0 Å². The standard InChI is InChI=1S/C20H19N3O3/c1-25-19-9-13(15-10-21-22-11-15)6-7-17(19)20(24)23-16-8-14-4-2-3-5-18(14)26-12-16/h2-7,9-11,16H,8,12H2,1H3,(H,21,22)(H,23,24). The van der Waals surface area contributed by atoms with Gasteiger partial charge < -0.3 is 14.8 Å². The van der Waals surface area contributed by atoms with Crippen molar-refractivity contribution in [1.82, 2.24) is 15.5 Å². The van der Waals surface area contributed by atoms with Crippen molar-refractivity contribution >= 4 is 5.91 Å². The molecule has 0 saturated heterocycles. The number of hydrogen-bond acceptors (Lipinski definition) is 4. The Hall–Kier alpha value is -3.28. The largest absolute Gasteiger partial charge is 0.496 e. The van der Waals surface area contributed by atoms with Crippen LogP contribution in [-0.4, -0.2) is 35.9 Å². The summed E-state index contributed by atoms with van der Waals surface area (Å²) in [4.78, 5) is 12.7. The van der Waals surface area contributed by atoms with Gasteiger partial charge in [-0.2, -0.15) is 5.10 Å². The number of H-pyrrole nitrogens is 1. The molecule has 1 amide bonds. The van der Waals surface area contributed by atoms with Gasteiger partial charge in [0.25, 0.3) is 5.91 Å². The lowest BCUT2D eigenvalue weighted by molar-refractivity contribution is 0.0912. The third kappa shape index (κ3) is 3.13. The van der Waals surface area contributed by atoms with Crippen molar-refractivity contribution in [3.05, 3.63) is 66.0 Å². The summed E-state index contributed by atoms with van der Waals surface area (Å²) in [6, 6.07) is 13.3. The number of hydrogen-bond donors (Lipinski definition) is 2. The molecule has 1 aromatic heterocycles. The molecule has 6 heteroatoms. The number of fused-ring (bicyclic) bond motifs is 1. The van der Waals surface area contributed by atoms with Crippen LogP contribution in [0.4, 0.5) is 0 Å². The molecule has 1 aliphatic rings. The Morgan fingerprint density at radius 2 is 2.15 bits per heavy atom. The SMILES string of the molecule is COc1cc(-c2cn[nH]c2)ccc1C(=O)NC1COc2ccccc2C1. The van der Waals surface area contributed by atoms with Crippen LogP contribution in [0.1, 0.15) is 15.9 Å². The highest BCUT2D eigenvalue weighted by atomic mass is 16.5. The number of methoxy groups -OCH3 is 1. The molecule has 2 N–H and O–H groups in total. The lowest BCUT2D eigenvalue weighted by atomic mass is 10.0. The van der Waals surface area contributed by atoms with E-state index in [2.05, 4.69) is 15.5 Å². The van der Waals surface area contributed by atoms with Crippen molar-refractivity contribution in [3.63, 3.8) is 0 Å². The van der Waals surface area contributed by atoms with Crippen LogP contribution in [-0.2, 0) is 6.42 Å². The molecule has 2 aromatic carbocycles. The van der Waals surface area contributed by atoms with E-state index < -0.39 is 0 Å². The monoisotopic (exact) mass is 349 g/mol. The van der Waals surface area contributed by atoms with Crippen molar-refractivity contribution in [1.29, 1.82) is 0 Å². The number of aromatic nitrogens is 2. The van der Waals surface area contributed by atoms with E-state index in [0.29, 0.717) is 17.9 Å². The molecule has 26 heavy (non-hydrogen) atoms. The Balaban J connectivity index is 1.51. The van der Waals surface area contributed by atoms with Gasteiger partial charge in [0.15, 0.2) is 0 Å². The number of carbonyl (C=O) groups is 1. The van der Waals surface area contributed by atoms with Gasteiger partial charge in [-0.15, -0.1) is 0 Å². The van der Waals surface area contributed by atoms with Crippen LogP contribution in [0.15, 0.2) is 54.9 Å². The minimum Gasteiger partial charge on any atom is -0.496 e. The number of benzene rings is 2. The molecule has 0 saturated carbocycles. The molecule has 0 radical (unpaired) electrons. The molecule has 2 heterocycles. The van der Waals surface area contributed by atoms with Gasteiger partial charge in [-0.05, 0) is 35.7 Å². The van der Waals surface area contributed by atoms with E-state index in [0.717, 1.165) is 28.9 Å². The number of nitrogens with zero attached hydrogens (tertiary/aromatic N) is 1. The number of nitrogens with one attached hydrogen (secondary N) is 2. The van der Waals surface area contributed by atoms with E-state index in [1.54, 1.807) is 25.6 Å². The van der Waals surface area contributed by atoms with E-state index in [-0.39, 0.29) is 11.9 Å². The molecule has 4 rings (SSSR count). The quantitative estimate of drug-likeness (QED) is 0.759. The molecule has 132 valence electrons. The first-order chi connectivity index (χ1) is 12.7. The second-order valence-corrected chi connectivity index (χ2v) is 6.20. The van der Waals surface area contributed by atoms with Crippen LogP contribution < -0.4 is 14.8 Å². The maximum Gasteiger partial charge on any atom is 0.255 e. The van der Waals surface area contributed by atoms with Crippen LogP contribution >= 0.6 is 0 Å². The summed E-state index contributed by atoms with van der Waals surface area (Å²) in [6.07, 6.45) is 4.27. The Kier molecular flexibility index (Phi) is 4.31. The Labute approximate surface area is 151 Å². The smallest absolute Gasteiger partial charge is 0.255 e. The minimum absolute atomic E-state index is 0.0735. The molecular weight excluding hydrogens is 330 g/mol. The summed E-state index contributed by atoms with van der Waals surface area (Å²) in [7, 11) is 1.56. The van der Waals surface area contributed by atoms with Crippen molar-refractivity contribution in [2.75, 3.05) is 13.7 Å². The summed E-state index contributed by atoms with van der Waals surface area (Å²) < 4.78 is 11.2. The molecule has 0 spiro atoms. The Bertz CT molecular complexity index is 922. The first kappa shape index (κ1) is 16.2. The number of para-hydroxylation sites is 1. The average molecular weight is 349 g/mol. The van der Waals surface area contributed by atoms with Gasteiger partial charge in [-0.3, -0.25) is 9.89 Å². The summed E-state index contributed by atoms with van der Waals surface area (Å²) in [5.41, 5.74) is 3.47. The van der Waals surface area contributed by atoms with Gasteiger partial charge in [0.1, 0.15) is 18.1 Å². The van der Waals surface area contributed by atoms with E-state index in [9.17, 15) is 4.79 Å². The van der Waals surface area contributed by atoms with Gasteiger partial charge in [-0.1, -0.05) is 24.3 Å². The molecule has 1 aliphatic heterocycles. The Morgan fingerprint density at radius 1 is 1.27 bits per heavy atom. The summed E-state index contributed by atoms with van der Waals surface area (Å²) in [5.74, 6) is 1.24. The molecule has 0 aliphatic carbocycles. The first-order valence-electron chi connectivity index (χ1n) is 8.43. The van der Waals surface area contributed by atoms with Gasteiger partial charge >= 0.3 is 0 Å². The van der Waals surface area contributed by atoms with Crippen LogP contribution in [0, 0.1) is 0 Å². The summed E-state index contributed by atoms with van der Waals surface area (Å²) in [5, 5.41) is 9.77. The average Bonchev–Trinajstić information content (AvgIpc) is 3.22. The molecule has 1 atom stereocenters. The molecule has 1 unspecified atom stereocenters. The van der Waals surface area contributed by atoms with Crippen molar-refractivity contribution in [2.45, 2.75) is 12.5 Å². The van der Waals surface area contributed by atoms with Crippen molar-refractivity contribution in [3.8, 4) is 22.6 Å². The number of ether oxygens (including phenoxy) is 2. The molecule has 0 bridgehead atoms. The zero-order valence-electron chi connectivity index (χ0n) is 14.4. The maximum atomic E-state index is 12.7.